The van der Waals surface area contributed by atoms with Crippen molar-refractivity contribution in [1.82, 2.24) is 20.0 Å². The molecule has 1 atom stereocenters. The summed E-state index contributed by atoms with van der Waals surface area (Å²) in [5, 5.41) is 6.83. The molecule has 1 aliphatic heterocycles. The maximum absolute atomic E-state index is 14.0. The Kier molecular flexibility index (Phi) is 4.73. The molecule has 0 radical (unpaired) electrons. The standard InChI is InChI=1S/C21H18F2N4O3/c1-21(13-6-8-15(30-2)9-7-13)19(28)26(20(29)24-21)12-14-10-11-27(25-14)18-16(22)4-3-5-17(18)23/h3-11H,12H2,1-2H3,(H,24,29). The van der Waals surface area contributed by atoms with Gasteiger partial charge < -0.3 is 10.1 Å². The molecule has 2 aromatic carbocycles. The van der Waals surface area contributed by atoms with Crippen LogP contribution in [0, 0.1) is 11.6 Å². The van der Waals surface area contributed by atoms with Crippen LogP contribution >= 0.6 is 0 Å². The maximum Gasteiger partial charge on any atom is 0.325 e. The Morgan fingerprint density at radius 1 is 1.07 bits per heavy atom. The van der Waals surface area contributed by atoms with Gasteiger partial charge in [0.2, 0.25) is 0 Å². The Morgan fingerprint density at radius 3 is 2.37 bits per heavy atom. The zero-order valence-electron chi connectivity index (χ0n) is 16.2. The van der Waals surface area contributed by atoms with Crippen molar-refractivity contribution >= 4 is 11.9 Å². The van der Waals surface area contributed by atoms with Gasteiger partial charge in [-0.1, -0.05) is 18.2 Å². The molecule has 3 amide bonds. The number of benzene rings is 2. The third kappa shape index (κ3) is 3.18. The number of ether oxygens (including phenoxy) is 1. The minimum atomic E-state index is -1.25. The molecule has 4 rings (SSSR count). The molecule has 0 spiro atoms. The summed E-state index contributed by atoms with van der Waals surface area (Å²) in [6.07, 6.45) is 1.37. The van der Waals surface area contributed by atoms with E-state index in [0.29, 0.717) is 17.0 Å². The first-order valence-corrected chi connectivity index (χ1v) is 9.11. The first-order chi connectivity index (χ1) is 14.3. The number of nitrogens with one attached hydrogen (secondary N) is 1. The molecule has 1 fully saturated rings. The number of carbonyl (C=O) groups excluding carboxylic acids is 2. The molecule has 1 N–H and O–H groups in total. The van der Waals surface area contributed by atoms with E-state index in [0.717, 1.165) is 21.7 Å². The van der Waals surface area contributed by atoms with Crippen LogP contribution < -0.4 is 10.1 Å². The van der Waals surface area contributed by atoms with Gasteiger partial charge in [-0.2, -0.15) is 5.10 Å². The summed E-state index contributed by atoms with van der Waals surface area (Å²) in [5.74, 6) is -1.37. The Labute approximate surface area is 170 Å². The Balaban J connectivity index is 1.58. The maximum atomic E-state index is 14.0. The van der Waals surface area contributed by atoms with Crippen molar-refractivity contribution in [3.05, 3.63) is 77.6 Å². The number of urea groups is 1. The molecular formula is C21H18F2N4O3. The van der Waals surface area contributed by atoms with Crippen molar-refractivity contribution in [3.8, 4) is 11.4 Å². The summed E-state index contributed by atoms with van der Waals surface area (Å²) < 4.78 is 34.1. The lowest BCUT2D eigenvalue weighted by atomic mass is 9.92. The van der Waals surface area contributed by atoms with Gasteiger partial charge in [0.15, 0.2) is 11.6 Å². The van der Waals surface area contributed by atoms with Crippen LogP contribution in [-0.2, 0) is 16.9 Å². The summed E-state index contributed by atoms with van der Waals surface area (Å²) in [6.45, 7) is 1.47. The monoisotopic (exact) mass is 412 g/mol. The van der Waals surface area contributed by atoms with Crippen molar-refractivity contribution in [2.45, 2.75) is 19.0 Å². The topological polar surface area (TPSA) is 76.5 Å². The lowest BCUT2D eigenvalue weighted by molar-refractivity contribution is -0.131. The van der Waals surface area contributed by atoms with Crippen molar-refractivity contribution in [1.29, 1.82) is 0 Å². The van der Waals surface area contributed by atoms with Gasteiger partial charge in [0, 0.05) is 6.20 Å². The first-order valence-electron chi connectivity index (χ1n) is 9.11. The van der Waals surface area contributed by atoms with Crippen LogP contribution in [0.4, 0.5) is 13.6 Å². The second-order valence-corrected chi connectivity index (χ2v) is 7.00. The third-order valence-electron chi connectivity index (χ3n) is 5.07. The number of hydrogen-bond acceptors (Lipinski definition) is 4. The van der Waals surface area contributed by atoms with E-state index in [1.807, 2.05) is 0 Å². The van der Waals surface area contributed by atoms with Crippen LogP contribution in [0.25, 0.3) is 5.69 Å². The second kappa shape index (κ2) is 7.25. The fourth-order valence-electron chi connectivity index (χ4n) is 3.40. The predicted molar refractivity (Wildman–Crippen MR) is 103 cm³/mol. The molecule has 2 heterocycles. The third-order valence-corrected chi connectivity index (χ3v) is 5.07. The molecule has 3 aromatic rings. The molecule has 1 unspecified atom stereocenters. The number of hydrogen-bond donors (Lipinski definition) is 1. The smallest absolute Gasteiger partial charge is 0.325 e. The minimum absolute atomic E-state index is 0.139. The number of rotatable bonds is 5. The molecule has 7 nitrogen and oxygen atoms in total. The van der Waals surface area contributed by atoms with Crippen LogP contribution in [0.2, 0.25) is 0 Å². The molecule has 1 aromatic heterocycles. The average molecular weight is 412 g/mol. The van der Waals surface area contributed by atoms with Gasteiger partial charge in [-0.3, -0.25) is 9.69 Å². The van der Waals surface area contributed by atoms with Crippen molar-refractivity contribution < 1.29 is 23.1 Å². The minimum Gasteiger partial charge on any atom is -0.497 e. The van der Waals surface area contributed by atoms with Crippen LogP contribution in [0.15, 0.2) is 54.7 Å². The van der Waals surface area contributed by atoms with E-state index in [-0.39, 0.29) is 12.2 Å². The quantitative estimate of drug-likeness (QED) is 0.654. The number of halogens is 2. The number of para-hydroxylation sites is 1. The fourth-order valence-corrected chi connectivity index (χ4v) is 3.40. The molecule has 154 valence electrons. The number of aromatic nitrogens is 2. The van der Waals surface area contributed by atoms with Crippen molar-refractivity contribution in [2.24, 2.45) is 0 Å². The van der Waals surface area contributed by atoms with E-state index in [1.165, 1.54) is 25.4 Å². The molecule has 1 saturated heterocycles. The lowest BCUT2D eigenvalue weighted by Gasteiger charge is -2.22. The summed E-state index contributed by atoms with van der Waals surface area (Å²) in [5.41, 5.74) is -0.670. The van der Waals surface area contributed by atoms with E-state index < -0.39 is 29.1 Å². The molecule has 0 aliphatic carbocycles. The van der Waals surface area contributed by atoms with Crippen LogP contribution in [-0.4, -0.2) is 33.7 Å². The van der Waals surface area contributed by atoms with Gasteiger partial charge in [-0.15, -0.1) is 0 Å². The summed E-state index contributed by atoms with van der Waals surface area (Å²) >= 11 is 0. The normalized spacial score (nSPS) is 18.6. The highest BCUT2D eigenvalue weighted by molar-refractivity contribution is 6.07. The molecule has 1 aliphatic rings. The number of amides is 3. The molecule has 9 heteroatoms. The highest BCUT2D eigenvalue weighted by Crippen LogP contribution is 2.31. The van der Waals surface area contributed by atoms with Gasteiger partial charge in [0.25, 0.3) is 5.91 Å². The summed E-state index contributed by atoms with van der Waals surface area (Å²) in [6, 6.07) is 11.2. The van der Waals surface area contributed by atoms with Gasteiger partial charge in [0.05, 0.1) is 19.3 Å². The lowest BCUT2D eigenvalue weighted by Crippen LogP contribution is -2.40. The summed E-state index contributed by atoms with van der Waals surface area (Å²) in [7, 11) is 1.53. The Morgan fingerprint density at radius 2 is 1.73 bits per heavy atom. The Bertz CT molecular complexity index is 1110. The fraction of sp³-hybridized carbons (Fsp3) is 0.190. The highest BCUT2D eigenvalue weighted by Gasteiger charge is 2.49. The Hall–Kier alpha value is -3.75. The van der Waals surface area contributed by atoms with E-state index in [1.54, 1.807) is 31.2 Å². The zero-order chi connectivity index (χ0) is 21.5. The summed E-state index contributed by atoms with van der Waals surface area (Å²) in [4.78, 5) is 26.6. The number of methoxy groups -OCH3 is 1. The van der Waals surface area contributed by atoms with Crippen LogP contribution in [0.1, 0.15) is 18.2 Å². The van der Waals surface area contributed by atoms with Crippen molar-refractivity contribution in [2.75, 3.05) is 7.11 Å². The van der Waals surface area contributed by atoms with E-state index >= 15 is 0 Å². The zero-order valence-corrected chi connectivity index (χ0v) is 16.2. The van der Waals surface area contributed by atoms with Crippen LogP contribution in [0.3, 0.4) is 0 Å². The number of carbonyl (C=O) groups is 2. The largest absolute Gasteiger partial charge is 0.497 e. The predicted octanol–water partition coefficient (Wildman–Crippen LogP) is 3.13. The number of nitrogens with zero attached hydrogens (tertiary/aromatic N) is 3. The second-order valence-electron chi connectivity index (χ2n) is 7.00. The number of imide groups is 1. The first kappa shape index (κ1) is 19.6. The highest BCUT2D eigenvalue weighted by atomic mass is 19.1. The van der Waals surface area contributed by atoms with Gasteiger partial charge in [-0.25, -0.2) is 18.3 Å². The van der Waals surface area contributed by atoms with Crippen LogP contribution in [0.5, 0.6) is 5.75 Å². The van der Waals surface area contributed by atoms with Gasteiger partial charge in [0.1, 0.15) is 17.0 Å². The molecule has 0 saturated carbocycles. The molecule has 0 bridgehead atoms. The van der Waals surface area contributed by atoms with E-state index in [4.69, 9.17) is 4.74 Å². The van der Waals surface area contributed by atoms with Gasteiger partial charge in [-0.05, 0) is 42.8 Å². The molecular weight excluding hydrogens is 394 g/mol. The molecule has 30 heavy (non-hydrogen) atoms. The van der Waals surface area contributed by atoms with Gasteiger partial charge >= 0.3 is 6.03 Å². The van der Waals surface area contributed by atoms with E-state index in [2.05, 4.69) is 10.4 Å². The average Bonchev–Trinajstić information content (AvgIpc) is 3.27. The SMILES string of the molecule is COc1ccc(C2(C)NC(=O)N(Cc3ccn(-c4c(F)cccc4F)n3)C2=O)cc1. The van der Waals surface area contributed by atoms with Crippen molar-refractivity contribution in [3.63, 3.8) is 0 Å². The van der Waals surface area contributed by atoms with E-state index in [9.17, 15) is 18.4 Å².